The molecule has 8 nitrogen and oxygen atoms in total. The van der Waals surface area contributed by atoms with Gasteiger partial charge in [0.15, 0.2) is 0 Å². The topological polar surface area (TPSA) is 98.7 Å². The van der Waals surface area contributed by atoms with Crippen LogP contribution in [-0.2, 0) is 6.54 Å². The molecule has 1 saturated carbocycles. The van der Waals surface area contributed by atoms with E-state index in [9.17, 15) is 14.4 Å². The lowest BCUT2D eigenvalue weighted by atomic mass is 10.1. The Balaban J connectivity index is 2.00. The minimum absolute atomic E-state index is 0.0844. The van der Waals surface area contributed by atoms with E-state index in [-0.39, 0.29) is 29.6 Å². The van der Waals surface area contributed by atoms with E-state index in [0.717, 1.165) is 12.0 Å². The Kier molecular flexibility index (Phi) is 5.91. The predicted molar refractivity (Wildman–Crippen MR) is 108 cm³/mol. The number of ether oxygens (including phenoxy) is 2. The van der Waals surface area contributed by atoms with Gasteiger partial charge in [-0.3, -0.25) is 14.4 Å². The fraction of sp³-hybridized carbons (Fsp3) is 0.381. The first-order chi connectivity index (χ1) is 13.9. The van der Waals surface area contributed by atoms with Crippen LogP contribution < -0.4 is 25.7 Å². The van der Waals surface area contributed by atoms with E-state index in [1.807, 2.05) is 0 Å². The van der Waals surface area contributed by atoms with Crippen LogP contribution in [0.4, 0.5) is 0 Å². The molecule has 1 heterocycles. The molecule has 2 aromatic rings. The van der Waals surface area contributed by atoms with Crippen molar-refractivity contribution in [3.05, 3.63) is 57.5 Å². The number of carbonyl (C=O) groups is 2. The zero-order valence-electron chi connectivity index (χ0n) is 16.9. The summed E-state index contributed by atoms with van der Waals surface area (Å²) < 4.78 is 11.9. The summed E-state index contributed by atoms with van der Waals surface area (Å²) in [5.74, 6) is 0.751. The second-order valence-corrected chi connectivity index (χ2v) is 7.17. The molecule has 0 bridgehead atoms. The summed E-state index contributed by atoms with van der Waals surface area (Å²) >= 11 is 0. The molecule has 0 unspecified atom stereocenters. The molecule has 0 spiro atoms. The van der Waals surface area contributed by atoms with E-state index in [0.29, 0.717) is 17.4 Å². The van der Waals surface area contributed by atoms with Crippen LogP contribution in [0.1, 0.15) is 39.6 Å². The van der Waals surface area contributed by atoms with Crippen LogP contribution in [0.5, 0.6) is 11.5 Å². The summed E-state index contributed by atoms with van der Waals surface area (Å²) in [7, 11) is 4.52. The standard InChI is InChI=1S/C21H25N3O5/c1-12-5-18(12)23-19(25)14-8-17(20(26)22-2)21(27)24(11-14)10-13-6-15(28-3)9-16(7-13)29-4/h6-9,11-12,18H,5,10H2,1-4H3,(H,22,26)(H,23,25)/t12-,18-/m0/s1. The Labute approximate surface area is 168 Å². The lowest BCUT2D eigenvalue weighted by Gasteiger charge is -2.13. The molecule has 1 aliphatic carbocycles. The van der Waals surface area contributed by atoms with Gasteiger partial charge in [-0.25, -0.2) is 0 Å². The maximum Gasteiger partial charge on any atom is 0.263 e. The zero-order valence-corrected chi connectivity index (χ0v) is 16.9. The highest BCUT2D eigenvalue weighted by molar-refractivity contribution is 5.99. The van der Waals surface area contributed by atoms with Gasteiger partial charge in [0.1, 0.15) is 17.1 Å². The molecule has 1 aromatic carbocycles. The van der Waals surface area contributed by atoms with Crippen LogP contribution in [0.25, 0.3) is 0 Å². The SMILES string of the molecule is CNC(=O)c1cc(C(=O)N[C@H]2C[C@@H]2C)cn(Cc2cc(OC)cc(OC)c2)c1=O. The highest BCUT2D eigenvalue weighted by Gasteiger charge is 2.34. The molecule has 1 aliphatic rings. The first-order valence-corrected chi connectivity index (χ1v) is 9.35. The highest BCUT2D eigenvalue weighted by Crippen LogP contribution is 2.29. The minimum Gasteiger partial charge on any atom is -0.497 e. The van der Waals surface area contributed by atoms with E-state index in [1.165, 1.54) is 38.1 Å². The normalized spacial score (nSPS) is 17.4. The largest absolute Gasteiger partial charge is 0.497 e. The molecular formula is C21H25N3O5. The van der Waals surface area contributed by atoms with Gasteiger partial charge in [0.2, 0.25) is 0 Å². The van der Waals surface area contributed by atoms with Crippen molar-refractivity contribution < 1.29 is 19.1 Å². The fourth-order valence-corrected chi connectivity index (χ4v) is 3.10. The van der Waals surface area contributed by atoms with Crippen LogP contribution in [-0.4, -0.2) is 43.7 Å². The number of nitrogens with one attached hydrogen (secondary N) is 2. The molecule has 0 saturated heterocycles. The smallest absolute Gasteiger partial charge is 0.263 e. The van der Waals surface area contributed by atoms with Gasteiger partial charge in [0.25, 0.3) is 17.4 Å². The van der Waals surface area contributed by atoms with Crippen LogP contribution in [0, 0.1) is 5.92 Å². The minimum atomic E-state index is -0.540. The number of carbonyl (C=O) groups excluding carboxylic acids is 2. The number of hydrogen-bond donors (Lipinski definition) is 2. The lowest BCUT2D eigenvalue weighted by Crippen LogP contribution is -2.34. The number of aromatic nitrogens is 1. The third-order valence-corrected chi connectivity index (χ3v) is 5.01. The number of benzene rings is 1. The predicted octanol–water partition coefficient (Wildman–Crippen LogP) is 1.41. The first kappa shape index (κ1) is 20.4. The van der Waals surface area contributed by atoms with E-state index >= 15 is 0 Å². The number of amides is 2. The van der Waals surface area contributed by atoms with Gasteiger partial charge < -0.3 is 24.7 Å². The number of methoxy groups -OCH3 is 2. The van der Waals surface area contributed by atoms with Crippen LogP contribution in [0.2, 0.25) is 0 Å². The number of rotatable bonds is 7. The maximum atomic E-state index is 12.9. The molecule has 2 amide bonds. The Morgan fingerprint density at radius 3 is 2.24 bits per heavy atom. The van der Waals surface area contributed by atoms with Crippen molar-refractivity contribution in [2.75, 3.05) is 21.3 Å². The highest BCUT2D eigenvalue weighted by atomic mass is 16.5. The van der Waals surface area contributed by atoms with Gasteiger partial charge in [-0.15, -0.1) is 0 Å². The van der Waals surface area contributed by atoms with Gasteiger partial charge in [0, 0.05) is 25.4 Å². The average molecular weight is 399 g/mol. The fourth-order valence-electron chi connectivity index (χ4n) is 3.10. The van der Waals surface area contributed by atoms with Gasteiger partial charge in [-0.1, -0.05) is 6.92 Å². The molecule has 0 aliphatic heterocycles. The summed E-state index contributed by atoms with van der Waals surface area (Å²) in [5.41, 5.74) is 0.429. The summed E-state index contributed by atoms with van der Waals surface area (Å²) in [6.07, 6.45) is 2.40. The molecule has 2 N–H and O–H groups in total. The molecule has 8 heteroatoms. The van der Waals surface area contributed by atoms with E-state index in [2.05, 4.69) is 17.6 Å². The maximum absolute atomic E-state index is 12.9. The number of nitrogens with zero attached hydrogens (tertiary/aromatic N) is 1. The molecule has 3 rings (SSSR count). The third-order valence-electron chi connectivity index (χ3n) is 5.01. The Morgan fingerprint density at radius 2 is 1.72 bits per heavy atom. The van der Waals surface area contributed by atoms with E-state index in [4.69, 9.17) is 9.47 Å². The monoisotopic (exact) mass is 399 g/mol. The van der Waals surface area contributed by atoms with Gasteiger partial charge in [-0.05, 0) is 36.1 Å². The van der Waals surface area contributed by atoms with Crippen LogP contribution in [0.3, 0.4) is 0 Å². The quantitative estimate of drug-likeness (QED) is 0.734. The van der Waals surface area contributed by atoms with E-state index < -0.39 is 11.5 Å². The molecular weight excluding hydrogens is 374 g/mol. The second-order valence-electron chi connectivity index (χ2n) is 7.17. The molecule has 29 heavy (non-hydrogen) atoms. The molecule has 154 valence electrons. The summed E-state index contributed by atoms with van der Waals surface area (Å²) in [6, 6.07) is 6.74. The molecule has 0 radical (unpaired) electrons. The zero-order chi connectivity index (χ0) is 21.1. The Bertz CT molecular complexity index is 976. The van der Waals surface area contributed by atoms with Crippen molar-refractivity contribution in [3.63, 3.8) is 0 Å². The Hall–Kier alpha value is -3.29. The summed E-state index contributed by atoms with van der Waals surface area (Å²) in [4.78, 5) is 37.7. The van der Waals surface area contributed by atoms with Gasteiger partial charge in [-0.2, -0.15) is 0 Å². The second kappa shape index (κ2) is 8.38. The van der Waals surface area contributed by atoms with Crippen molar-refractivity contribution >= 4 is 11.8 Å². The molecule has 1 fully saturated rings. The van der Waals surface area contributed by atoms with Crippen molar-refractivity contribution in [1.29, 1.82) is 0 Å². The van der Waals surface area contributed by atoms with Crippen molar-refractivity contribution in [3.8, 4) is 11.5 Å². The van der Waals surface area contributed by atoms with Crippen LogP contribution >= 0.6 is 0 Å². The van der Waals surface area contributed by atoms with E-state index in [1.54, 1.807) is 18.2 Å². The molecule has 2 atom stereocenters. The number of hydrogen-bond acceptors (Lipinski definition) is 5. The first-order valence-electron chi connectivity index (χ1n) is 9.35. The van der Waals surface area contributed by atoms with Crippen molar-refractivity contribution in [2.45, 2.75) is 25.9 Å². The van der Waals surface area contributed by atoms with Crippen LogP contribution in [0.15, 0.2) is 35.3 Å². The lowest BCUT2D eigenvalue weighted by molar-refractivity contribution is 0.0948. The number of pyridine rings is 1. The van der Waals surface area contributed by atoms with Gasteiger partial charge in [0.05, 0.1) is 26.3 Å². The van der Waals surface area contributed by atoms with Crippen molar-refractivity contribution in [2.24, 2.45) is 5.92 Å². The van der Waals surface area contributed by atoms with Gasteiger partial charge >= 0.3 is 0 Å². The summed E-state index contributed by atoms with van der Waals surface area (Å²) in [6.45, 7) is 2.20. The third kappa shape index (κ3) is 4.59. The Morgan fingerprint density at radius 1 is 1.10 bits per heavy atom. The summed E-state index contributed by atoms with van der Waals surface area (Å²) in [5, 5.41) is 5.38. The average Bonchev–Trinajstić information content (AvgIpc) is 3.42. The molecule has 1 aromatic heterocycles. The van der Waals surface area contributed by atoms with Crippen molar-refractivity contribution in [1.82, 2.24) is 15.2 Å².